The zero-order chi connectivity index (χ0) is 16.2. The highest BCUT2D eigenvalue weighted by molar-refractivity contribution is 6.18. The second-order valence-corrected chi connectivity index (χ2v) is 4.74. The van der Waals surface area contributed by atoms with E-state index in [0.717, 1.165) is 30.9 Å². The summed E-state index contributed by atoms with van der Waals surface area (Å²) in [6.45, 7) is 5.61. The van der Waals surface area contributed by atoms with Crippen molar-refractivity contribution in [3.63, 3.8) is 0 Å². The van der Waals surface area contributed by atoms with Gasteiger partial charge in [-0.15, -0.1) is 0 Å². The quantitative estimate of drug-likeness (QED) is 0.672. The first-order valence-corrected chi connectivity index (χ1v) is 6.36. The SMILES string of the molecule is COC(=O)C(C(=O)Nc1c(C)cc(C)cc1C)C(=O)OC. The molecular weight excluding hydrogens is 274 g/mol. The summed E-state index contributed by atoms with van der Waals surface area (Å²) in [5, 5.41) is 2.60. The van der Waals surface area contributed by atoms with Crippen LogP contribution in [0.2, 0.25) is 0 Å². The third-order valence-electron chi connectivity index (χ3n) is 3.06. The molecule has 0 atom stereocenters. The van der Waals surface area contributed by atoms with Crippen LogP contribution in [0, 0.1) is 26.7 Å². The van der Waals surface area contributed by atoms with Crippen molar-refractivity contribution in [1.82, 2.24) is 0 Å². The van der Waals surface area contributed by atoms with Gasteiger partial charge in [-0.2, -0.15) is 0 Å². The molecule has 1 aromatic carbocycles. The van der Waals surface area contributed by atoms with Gasteiger partial charge in [0.15, 0.2) is 0 Å². The number of carbonyl (C=O) groups excluding carboxylic acids is 3. The predicted octanol–water partition coefficient (Wildman–Crippen LogP) is 1.51. The smallest absolute Gasteiger partial charge is 0.329 e. The van der Waals surface area contributed by atoms with E-state index in [-0.39, 0.29) is 0 Å². The van der Waals surface area contributed by atoms with Gasteiger partial charge in [0.05, 0.1) is 14.2 Å². The van der Waals surface area contributed by atoms with Gasteiger partial charge in [-0.25, -0.2) is 0 Å². The van der Waals surface area contributed by atoms with Gasteiger partial charge < -0.3 is 14.8 Å². The standard InChI is InChI=1S/C15H19NO5/c1-8-6-9(2)12(10(3)7-8)16-13(17)11(14(18)20-4)15(19)21-5/h6-7,11H,1-5H3,(H,16,17). The highest BCUT2D eigenvalue weighted by Crippen LogP contribution is 2.22. The molecule has 0 aliphatic heterocycles. The third kappa shape index (κ3) is 3.81. The molecular formula is C15H19NO5. The Morgan fingerprint density at radius 3 is 1.76 bits per heavy atom. The summed E-state index contributed by atoms with van der Waals surface area (Å²) >= 11 is 0. The van der Waals surface area contributed by atoms with Crippen molar-refractivity contribution in [2.24, 2.45) is 5.92 Å². The van der Waals surface area contributed by atoms with Crippen molar-refractivity contribution in [3.05, 3.63) is 28.8 Å². The number of hydrogen-bond acceptors (Lipinski definition) is 5. The molecule has 1 N–H and O–H groups in total. The van der Waals surface area contributed by atoms with Gasteiger partial charge in [0.25, 0.3) is 0 Å². The summed E-state index contributed by atoms with van der Waals surface area (Å²) in [6.07, 6.45) is 0. The molecule has 0 spiro atoms. The van der Waals surface area contributed by atoms with Crippen LogP contribution < -0.4 is 5.32 Å². The topological polar surface area (TPSA) is 81.7 Å². The summed E-state index contributed by atoms with van der Waals surface area (Å²) < 4.78 is 8.95. The Balaban J connectivity index is 3.08. The normalized spacial score (nSPS) is 10.2. The minimum atomic E-state index is -1.64. The number of carbonyl (C=O) groups is 3. The molecule has 0 radical (unpaired) electrons. The molecule has 0 saturated heterocycles. The first-order valence-electron chi connectivity index (χ1n) is 6.36. The Morgan fingerprint density at radius 2 is 1.38 bits per heavy atom. The Labute approximate surface area is 123 Å². The van der Waals surface area contributed by atoms with Crippen molar-refractivity contribution < 1.29 is 23.9 Å². The molecule has 0 bridgehead atoms. The van der Waals surface area contributed by atoms with Crippen molar-refractivity contribution in [3.8, 4) is 0 Å². The van der Waals surface area contributed by atoms with E-state index in [9.17, 15) is 14.4 Å². The van der Waals surface area contributed by atoms with Crippen molar-refractivity contribution >= 4 is 23.5 Å². The zero-order valence-corrected chi connectivity index (χ0v) is 12.8. The lowest BCUT2D eigenvalue weighted by molar-refractivity contribution is -0.160. The lowest BCUT2D eigenvalue weighted by Gasteiger charge is -2.16. The van der Waals surface area contributed by atoms with E-state index in [1.165, 1.54) is 0 Å². The maximum Gasteiger partial charge on any atom is 0.329 e. The minimum absolute atomic E-state index is 0.573. The second kappa shape index (κ2) is 6.88. The van der Waals surface area contributed by atoms with Gasteiger partial charge >= 0.3 is 11.9 Å². The van der Waals surface area contributed by atoms with Crippen molar-refractivity contribution in [2.45, 2.75) is 20.8 Å². The van der Waals surface area contributed by atoms with Crippen LogP contribution in [0.5, 0.6) is 0 Å². The van der Waals surface area contributed by atoms with Crippen LogP contribution in [0.1, 0.15) is 16.7 Å². The summed E-state index contributed by atoms with van der Waals surface area (Å²) in [4.78, 5) is 35.4. The number of amides is 1. The van der Waals surface area contributed by atoms with E-state index in [4.69, 9.17) is 0 Å². The number of ether oxygens (including phenoxy) is 2. The van der Waals surface area contributed by atoms with E-state index in [0.29, 0.717) is 5.69 Å². The fourth-order valence-electron chi connectivity index (χ4n) is 2.12. The van der Waals surface area contributed by atoms with Crippen LogP contribution in [0.25, 0.3) is 0 Å². The van der Waals surface area contributed by atoms with Crippen molar-refractivity contribution in [1.29, 1.82) is 0 Å². The first-order chi connectivity index (χ1) is 9.81. The summed E-state index contributed by atoms with van der Waals surface area (Å²) in [5.74, 6) is -4.33. The fraction of sp³-hybridized carbons (Fsp3) is 0.400. The maximum atomic E-state index is 12.2. The second-order valence-electron chi connectivity index (χ2n) is 4.74. The zero-order valence-electron chi connectivity index (χ0n) is 12.8. The molecule has 6 nitrogen and oxygen atoms in total. The number of methoxy groups -OCH3 is 2. The van der Waals surface area contributed by atoms with E-state index in [1.54, 1.807) is 0 Å². The third-order valence-corrected chi connectivity index (χ3v) is 3.06. The Morgan fingerprint density at radius 1 is 0.952 bits per heavy atom. The lowest BCUT2D eigenvalue weighted by atomic mass is 10.0. The number of nitrogens with one attached hydrogen (secondary N) is 1. The van der Waals surface area contributed by atoms with Gasteiger partial charge in [0.2, 0.25) is 11.8 Å². The average Bonchev–Trinajstić information content (AvgIpc) is 2.42. The highest BCUT2D eigenvalue weighted by atomic mass is 16.5. The molecule has 21 heavy (non-hydrogen) atoms. The van der Waals surface area contributed by atoms with Crippen LogP contribution in [0.3, 0.4) is 0 Å². The monoisotopic (exact) mass is 293 g/mol. The van der Waals surface area contributed by atoms with Crippen LogP contribution in [-0.4, -0.2) is 32.1 Å². The summed E-state index contributed by atoms with van der Waals surface area (Å²) in [5.41, 5.74) is 3.31. The summed E-state index contributed by atoms with van der Waals surface area (Å²) in [6, 6.07) is 3.79. The van der Waals surface area contributed by atoms with Gasteiger partial charge in [0, 0.05) is 5.69 Å². The van der Waals surface area contributed by atoms with E-state index in [1.807, 2.05) is 32.9 Å². The molecule has 0 heterocycles. The number of rotatable bonds is 4. The fourth-order valence-corrected chi connectivity index (χ4v) is 2.12. The molecule has 0 aliphatic rings. The number of esters is 2. The molecule has 6 heteroatoms. The van der Waals surface area contributed by atoms with E-state index >= 15 is 0 Å². The number of aryl methyl sites for hydroxylation is 3. The maximum absolute atomic E-state index is 12.2. The van der Waals surface area contributed by atoms with Crippen LogP contribution in [-0.2, 0) is 23.9 Å². The van der Waals surface area contributed by atoms with E-state index < -0.39 is 23.8 Å². The van der Waals surface area contributed by atoms with Crippen LogP contribution in [0.15, 0.2) is 12.1 Å². The largest absolute Gasteiger partial charge is 0.468 e. The molecule has 0 aliphatic carbocycles. The molecule has 114 valence electrons. The van der Waals surface area contributed by atoms with Gasteiger partial charge in [0.1, 0.15) is 0 Å². The predicted molar refractivity (Wildman–Crippen MR) is 76.8 cm³/mol. The number of hydrogen-bond donors (Lipinski definition) is 1. The van der Waals surface area contributed by atoms with Crippen LogP contribution in [0.4, 0.5) is 5.69 Å². The number of anilines is 1. The van der Waals surface area contributed by atoms with E-state index in [2.05, 4.69) is 14.8 Å². The van der Waals surface area contributed by atoms with Crippen molar-refractivity contribution in [2.75, 3.05) is 19.5 Å². The Hall–Kier alpha value is -2.37. The van der Waals surface area contributed by atoms with Gasteiger partial charge in [-0.1, -0.05) is 17.7 Å². The molecule has 0 unspecified atom stereocenters. The Bertz CT molecular complexity index is 540. The lowest BCUT2D eigenvalue weighted by Crippen LogP contribution is -2.37. The average molecular weight is 293 g/mol. The molecule has 0 saturated carbocycles. The van der Waals surface area contributed by atoms with Crippen LogP contribution >= 0.6 is 0 Å². The van der Waals surface area contributed by atoms with Gasteiger partial charge in [-0.3, -0.25) is 14.4 Å². The molecule has 1 rings (SSSR count). The minimum Gasteiger partial charge on any atom is -0.468 e. The highest BCUT2D eigenvalue weighted by Gasteiger charge is 2.36. The first kappa shape index (κ1) is 16.7. The number of benzene rings is 1. The molecule has 0 fully saturated rings. The summed E-state index contributed by atoms with van der Waals surface area (Å²) in [7, 11) is 2.21. The van der Waals surface area contributed by atoms with Gasteiger partial charge in [-0.05, 0) is 31.9 Å². The Kier molecular flexibility index (Phi) is 5.46. The molecule has 1 aromatic rings. The molecule has 1 amide bonds. The molecule has 0 aromatic heterocycles.